The minimum absolute atomic E-state index is 0.102. The van der Waals surface area contributed by atoms with E-state index in [1.165, 1.54) is 7.11 Å². The van der Waals surface area contributed by atoms with Crippen molar-refractivity contribution in [2.45, 2.75) is 18.6 Å². The zero-order valence-electron chi connectivity index (χ0n) is 18.9. The normalized spacial score (nSPS) is 12.5. The number of nitrogens with one attached hydrogen (secondary N) is 1. The number of hydrogen-bond acceptors (Lipinski definition) is 7. The van der Waals surface area contributed by atoms with Gasteiger partial charge in [0.1, 0.15) is 6.61 Å². The minimum atomic E-state index is -4.01. The molecule has 10 heteroatoms. The zero-order chi connectivity index (χ0) is 24.8. The van der Waals surface area contributed by atoms with Crippen LogP contribution in [0.5, 0.6) is 0 Å². The lowest BCUT2D eigenvalue weighted by Gasteiger charge is -2.27. The lowest BCUT2D eigenvalue weighted by molar-refractivity contribution is -0.156. The molecule has 1 amide bonds. The second-order valence-electron chi connectivity index (χ2n) is 6.87. The summed E-state index contributed by atoms with van der Waals surface area (Å²) in [4.78, 5) is 24.5. The van der Waals surface area contributed by atoms with E-state index in [0.717, 1.165) is 13.2 Å². The molecule has 0 aliphatic carbocycles. The van der Waals surface area contributed by atoms with Crippen LogP contribution < -0.4 is 5.32 Å². The predicted molar refractivity (Wildman–Crippen MR) is 119 cm³/mol. The van der Waals surface area contributed by atoms with Crippen LogP contribution in [0.2, 0.25) is 0 Å². The maximum Gasteiger partial charge on any atom is 0.408 e. The van der Waals surface area contributed by atoms with E-state index in [2.05, 4.69) is 4.74 Å². The Balaban J connectivity index is 2.21. The number of ether oxygens (including phenoxy) is 5. The summed E-state index contributed by atoms with van der Waals surface area (Å²) in [7, 11) is 2.39. The number of hydrogen-bond donors (Lipinski definition) is 1. The maximum atomic E-state index is 15.5. The van der Waals surface area contributed by atoms with Gasteiger partial charge in [-0.2, -0.15) is 8.78 Å². The Morgan fingerprint density at radius 1 is 0.971 bits per heavy atom. The van der Waals surface area contributed by atoms with E-state index in [1.807, 2.05) is 5.32 Å². The Hall–Kier alpha value is -3.50. The Labute approximate surface area is 196 Å². The van der Waals surface area contributed by atoms with Crippen molar-refractivity contribution in [3.8, 4) is 0 Å². The average Bonchev–Trinajstić information content (AvgIpc) is 2.85. The highest BCUT2D eigenvalue weighted by Crippen LogP contribution is 2.32. The molecule has 1 atom stereocenters. The van der Waals surface area contributed by atoms with Crippen molar-refractivity contribution in [1.29, 1.82) is 0 Å². The molecule has 2 rings (SSSR count). The standard InChI is InChI=1S/C24H27F2NO7/c1-30-13-14-32-17-34-20(15-18-9-5-3-6-10-18)24(25,26)21(22(28)31-2)27-23(29)33-16-19-11-7-4-8-12-19/h3-12,15,21H,13-14,16-17H2,1-2H3,(H,27,29)/b20-15-. The highest BCUT2D eigenvalue weighted by atomic mass is 19.3. The predicted octanol–water partition coefficient (Wildman–Crippen LogP) is 3.77. The van der Waals surface area contributed by atoms with Gasteiger partial charge in [0.25, 0.3) is 0 Å². The first-order chi connectivity index (χ1) is 16.4. The summed E-state index contributed by atoms with van der Waals surface area (Å²) < 4.78 is 55.7. The Kier molecular flexibility index (Phi) is 10.9. The molecular formula is C24H27F2NO7. The number of alkyl halides is 2. The van der Waals surface area contributed by atoms with Gasteiger partial charge in [-0.1, -0.05) is 60.7 Å². The minimum Gasteiger partial charge on any atom is -0.467 e. The Morgan fingerprint density at radius 2 is 1.62 bits per heavy atom. The van der Waals surface area contributed by atoms with Gasteiger partial charge in [-0.15, -0.1) is 0 Å². The quantitative estimate of drug-likeness (QED) is 0.202. The summed E-state index contributed by atoms with van der Waals surface area (Å²) in [5.74, 6) is -6.31. The maximum absolute atomic E-state index is 15.5. The molecular weight excluding hydrogens is 452 g/mol. The van der Waals surface area contributed by atoms with Crippen molar-refractivity contribution in [3.63, 3.8) is 0 Å². The second-order valence-corrected chi connectivity index (χ2v) is 6.87. The van der Waals surface area contributed by atoms with E-state index >= 15 is 8.78 Å². The molecule has 184 valence electrons. The number of alkyl carbamates (subject to hydrolysis) is 1. The van der Waals surface area contributed by atoms with Gasteiger partial charge in [-0.3, -0.25) is 0 Å². The molecule has 1 unspecified atom stereocenters. The SMILES string of the molecule is COCCOCO/C(=C\c1ccccc1)C(F)(F)C(NC(=O)OCc1ccccc1)C(=O)OC. The third kappa shape index (κ3) is 8.45. The average molecular weight is 479 g/mol. The number of carbonyl (C=O) groups excluding carboxylic acids is 2. The van der Waals surface area contributed by atoms with Crippen LogP contribution in [0.4, 0.5) is 13.6 Å². The monoisotopic (exact) mass is 479 g/mol. The molecule has 0 fully saturated rings. The lowest BCUT2D eigenvalue weighted by Crippen LogP contribution is -2.54. The molecule has 0 saturated carbocycles. The highest BCUT2D eigenvalue weighted by molar-refractivity contribution is 5.83. The first-order valence-corrected chi connectivity index (χ1v) is 10.3. The van der Waals surface area contributed by atoms with Crippen LogP contribution in [0.25, 0.3) is 6.08 Å². The van der Waals surface area contributed by atoms with E-state index in [4.69, 9.17) is 18.9 Å². The number of halogens is 2. The summed E-state index contributed by atoms with van der Waals surface area (Å²) >= 11 is 0. The van der Waals surface area contributed by atoms with E-state index in [0.29, 0.717) is 11.1 Å². The molecule has 0 radical (unpaired) electrons. The van der Waals surface area contributed by atoms with Crippen LogP contribution in [0, 0.1) is 0 Å². The van der Waals surface area contributed by atoms with Crippen LogP contribution in [-0.2, 0) is 35.1 Å². The van der Waals surface area contributed by atoms with Crippen LogP contribution >= 0.6 is 0 Å². The van der Waals surface area contributed by atoms with Crippen LogP contribution in [0.15, 0.2) is 66.4 Å². The molecule has 0 heterocycles. The summed E-state index contributed by atoms with van der Waals surface area (Å²) in [6, 6.07) is 14.3. The third-order valence-corrected chi connectivity index (χ3v) is 4.43. The molecule has 0 spiro atoms. The molecule has 2 aromatic carbocycles. The molecule has 0 aromatic heterocycles. The fourth-order valence-electron chi connectivity index (χ4n) is 2.68. The van der Waals surface area contributed by atoms with Crippen molar-refractivity contribution in [3.05, 3.63) is 77.5 Å². The molecule has 1 N–H and O–H groups in total. The first-order valence-electron chi connectivity index (χ1n) is 10.3. The van der Waals surface area contributed by atoms with Crippen molar-refractivity contribution in [1.82, 2.24) is 5.32 Å². The van der Waals surface area contributed by atoms with Gasteiger partial charge >= 0.3 is 18.0 Å². The molecule has 0 aliphatic heterocycles. The number of esters is 1. The van der Waals surface area contributed by atoms with Gasteiger partial charge in [0.15, 0.2) is 12.6 Å². The molecule has 2 aromatic rings. The van der Waals surface area contributed by atoms with Gasteiger partial charge in [-0.05, 0) is 17.2 Å². The zero-order valence-corrected chi connectivity index (χ0v) is 18.9. The smallest absolute Gasteiger partial charge is 0.408 e. The van der Waals surface area contributed by atoms with Crippen molar-refractivity contribution in [2.24, 2.45) is 0 Å². The van der Waals surface area contributed by atoms with Crippen molar-refractivity contribution in [2.75, 3.05) is 34.2 Å². The molecule has 8 nitrogen and oxygen atoms in total. The number of carbonyl (C=O) groups is 2. The number of amides is 1. The van der Waals surface area contributed by atoms with Gasteiger partial charge in [0.05, 0.1) is 20.3 Å². The fourth-order valence-corrected chi connectivity index (χ4v) is 2.68. The van der Waals surface area contributed by atoms with Gasteiger partial charge in [-0.25, -0.2) is 9.59 Å². The summed E-state index contributed by atoms with van der Waals surface area (Å²) in [6.07, 6.45) is -0.179. The molecule has 0 saturated heterocycles. The van der Waals surface area contributed by atoms with Gasteiger partial charge in [0.2, 0.25) is 6.04 Å². The fraction of sp³-hybridized carbons (Fsp3) is 0.333. The highest BCUT2D eigenvalue weighted by Gasteiger charge is 2.51. The van der Waals surface area contributed by atoms with Crippen LogP contribution in [0.3, 0.4) is 0 Å². The van der Waals surface area contributed by atoms with Gasteiger partial charge in [0, 0.05) is 7.11 Å². The molecule has 0 aliphatic rings. The van der Waals surface area contributed by atoms with Gasteiger partial charge < -0.3 is 29.0 Å². The largest absolute Gasteiger partial charge is 0.467 e. The number of rotatable bonds is 13. The molecule has 34 heavy (non-hydrogen) atoms. The molecule has 0 bridgehead atoms. The van der Waals surface area contributed by atoms with E-state index in [9.17, 15) is 9.59 Å². The van der Waals surface area contributed by atoms with Crippen LogP contribution in [0.1, 0.15) is 11.1 Å². The van der Waals surface area contributed by atoms with Crippen molar-refractivity contribution >= 4 is 18.1 Å². The van der Waals surface area contributed by atoms with E-state index in [1.54, 1.807) is 60.7 Å². The number of methoxy groups -OCH3 is 2. The topological polar surface area (TPSA) is 92.3 Å². The number of benzene rings is 2. The summed E-state index contributed by atoms with van der Waals surface area (Å²) in [5, 5.41) is 1.89. The van der Waals surface area contributed by atoms with Crippen LogP contribution in [-0.4, -0.2) is 58.3 Å². The Morgan fingerprint density at radius 3 is 2.24 bits per heavy atom. The Bertz CT molecular complexity index is 923. The van der Waals surface area contributed by atoms with Crippen molar-refractivity contribution < 1.29 is 42.1 Å². The second kappa shape index (κ2) is 13.9. The lowest BCUT2D eigenvalue weighted by atomic mass is 10.1. The third-order valence-electron chi connectivity index (χ3n) is 4.43. The first kappa shape index (κ1) is 26.7. The summed E-state index contributed by atoms with van der Waals surface area (Å²) in [6.45, 7) is -0.380. The summed E-state index contributed by atoms with van der Waals surface area (Å²) in [5.41, 5.74) is 1.02. The van der Waals surface area contributed by atoms with E-state index < -0.39 is 36.6 Å². The van der Waals surface area contributed by atoms with E-state index in [-0.39, 0.29) is 19.8 Å².